The average molecular weight is 430 g/mol. The SMILES string of the molecule is Cc1ccc(S(=O)(=O)Nc2nc(CCC(=O)Nc3cc(C)cc(C)c3)cs2)cc1. The summed E-state index contributed by atoms with van der Waals surface area (Å²) in [5.74, 6) is -0.107. The summed E-state index contributed by atoms with van der Waals surface area (Å²) in [6.45, 7) is 5.86. The van der Waals surface area contributed by atoms with E-state index in [0.29, 0.717) is 12.1 Å². The predicted octanol–water partition coefficient (Wildman–Crippen LogP) is 4.44. The number of rotatable bonds is 7. The van der Waals surface area contributed by atoms with Crippen LogP contribution < -0.4 is 10.0 Å². The lowest BCUT2D eigenvalue weighted by Crippen LogP contribution is -2.13. The number of anilines is 2. The van der Waals surface area contributed by atoms with Gasteiger partial charge in [0.2, 0.25) is 5.91 Å². The van der Waals surface area contributed by atoms with Crippen molar-refractivity contribution in [3.8, 4) is 0 Å². The third-order valence-electron chi connectivity index (χ3n) is 4.22. The van der Waals surface area contributed by atoms with Gasteiger partial charge in [-0.1, -0.05) is 23.8 Å². The molecule has 2 N–H and O–H groups in total. The van der Waals surface area contributed by atoms with E-state index in [-0.39, 0.29) is 22.4 Å². The number of aromatic nitrogens is 1. The average Bonchev–Trinajstić information content (AvgIpc) is 3.06. The molecular formula is C21H23N3O3S2. The van der Waals surface area contributed by atoms with Crippen LogP contribution in [0.1, 0.15) is 28.8 Å². The summed E-state index contributed by atoms with van der Waals surface area (Å²) in [5.41, 5.74) is 4.61. The van der Waals surface area contributed by atoms with E-state index in [1.165, 1.54) is 11.3 Å². The number of sulfonamides is 1. The molecule has 0 aliphatic heterocycles. The van der Waals surface area contributed by atoms with Crippen molar-refractivity contribution in [3.63, 3.8) is 0 Å². The molecule has 0 radical (unpaired) electrons. The Bertz CT molecular complexity index is 1100. The van der Waals surface area contributed by atoms with Crippen molar-refractivity contribution in [1.29, 1.82) is 0 Å². The molecule has 29 heavy (non-hydrogen) atoms. The number of carbonyl (C=O) groups excluding carboxylic acids is 1. The minimum atomic E-state index is -3.68. The zero-order valence-electron chi connectivity index (χ0n) is 16.5. The molecule has 0 bridgehead atoms. The summed E-state index contributed by atoms with van der Waals surface area (Å²) in [6.07, 6.45) is 0.695. The number of hydrogen-bond acceptors (Lipinski definition) is 5. The van der Waals surface area contributed by atoms with Crippen molar-refractivity contribution in [2.24, 2.45) is 0 Å². The smallest absolute Gasteiger partial charge is 0.263 e. The number of nitrogens with zero attached hydrogens (tertiary/aromatic N) is 1. The van der Waals surface area contributed by atoms with Crippen LogP contribution in [0.15, 0.2) is 52.7 Å². The summed E-state index contributed by atoms with van der Waals surface area (Å²) in [4.78, 5) is 16.7. The number of benzene rings is 2. The van der Waals surface area contributed by atoms with E-state index in [1.54, 1.807) is 29.6 Å². The molecule has 0 atom stereocenters. The quantitative estimate of drug-likeness (QED) is 0.581. The van der Waals surface area contributed by atoms with Crippen molar-refractivity contribution < 1.29 is 13.2 Å². The van der Waals surface area contributed by atoms with Crippen LogP contribution in [-0.2, 0) is 21.2 Å². The molecule has 0 spiro atoms. The Morgan fingerprint density at radius 1 is 1.00 bits per heavy atom. The number of aryl methyl sites for hydroxylation is 4. The molecule has 152 valence electrons. The first-order valence-corrected chi connectivity index (χ1v) is 11.5. The Morgan fingerprint density at radius 3 is 2.31 bits per heavy atom. The van der Waals surface area contributed by atoms with Crippen molar-refractivity contribution >= 4 is 38.1 Å². The van der Waals surface area contributed by atoms with Crippen molar-refractivity contribution in [2.75, 3.05) is 10.0 Å². The maximum atomic E-state index is 12.4. The molecule has 3 rings (SSSR count). The number of carbonyl (C=O) groups is 1. The lowest BCUT2D eigenvalue weighted by molar-refractivity contribution is -0.116. The molecule has 1 heterocycles. The number of thiazole rings is 1. The number of hydrogen-bond donors (Lipinski definition) is 2. The number of amides is 1. The monoisotopic (exact) mass is 429 g/mol. The summed E-state index contributed by atoms with van der Waals surface area (Å²) >= 11 is 1.20. The standard InChI is InChI=1S/C21H23N3O3S2/c1-14-4-7-19(8-5-14)29(26,27)24-21-23-17(13-28-21)6-9-20(25)22-18-11-15(2)10-16(3)12-18/h4-5,7-8,10-13H,6,9H2,1-3H3,(H,22,25)(H,23,24). The van der Waals surface area contributed by atoms with Gasteiger partial charge in [0, 0.05) is 17.5 Å². The second-order valence-corrected chi connectivity index (χ2v) is 9.53. The lowest BCUT2D eigenvalue weighted by atomic mass is 10.1. The van der Waals surface area contributed by atoms with Gasteiger partial charge in [-0.05, 0) is 62.6 Å². The van der Waals surface area contributed by atoms with E-state index >= 15 is 0 Å². The highest BCUT2D eigenvalue weighted by atomic mass is 32.2. The van der Waals surface area contributed by atoms with Crippen LogP contribution in [0.25, 0.3) is 0 Å². The van der Waals surface area contributed by atoms with Crippen LogP contribution in [0.2, 0.25) is 0 Å². The van der Waals surface area contributed by atoms with Gasteiger partial charge in [-0.15, -0.1) is 11.3 Å². The van der Waals surface area contributed by atoms with E-state index < -0.39 is 10.0 Å². The van der Waals surface area contributed by atoms with E-state index in [2.05, 4.69) is 15.0 Å². The molecule has 0 aliphatic rings. The van der Waals surface area contributed by atoms with Crippen molar-refractivity contribution in [2.45, 2.75) is 38.5 Å². The second-order valence-electron chi connectivity index (χ2n) is 6.99. The molecule has 1 amide bonds. The van der Waals surface area contributed by atoms with Crippen LogP contribution >= 0.6 is 11.3 Å². The Balaban J connectivity index is 1.57. The van der Waals surface area contributed by atoms with Gasteiger partial charge in [-0.25, -0.2) is 13.4 Å². The first kappa shape index (κ1) is 21.0. The fourth-order valence-electron chi connectivity index (χ4n) is 2.87. The van der Waals surface area contributed by atoms with Gasteiger partial charge < -0.3 is 5.32 Å². The maximum absolute atomic E-state index is 12.4. The molecule has 3 aromatic rings. The van der Waals surface area contributed by atoms with Crippen LogP contribution in [0.4, 0.5) is 10.8 Å². The molecule has 0 fully saturated rings. The van der Waals surface area contributed by atoms with E-state index in [9.17, 15) is 13.2 Å². The molecule has 6 nitrogen and oxygen atoms in total. The van der Waals surface area contributed by atoms with Crippen LogP contribution in [-0.4, -0.2) is 19.3 Å². The molecule has 0 saturated heterocycles. The predicted molar refractivity (Wildman–Crippen MR) is 117 cm³/mol. The third kappa shape index (κ3) is 5.88. The zero-order valence-corrected chi connectivity index (χ0v) is 18.2. The molecule has 1 aromatic heterocycles. The molecule has 2 aromatic carbocycles. The van der Waals surface area contributed by atoms with Crippen molar-refractivity contribution in [3.05, 3.63) is 70.2 Å². The Hall–Kier alpha value is -2.71. The third-order valence-corrected chi connectivity index (χ3v) is 6.51. The first-order chi connectivity index (χ1) is 13.7. The van der Waals surface area contributed by atoms with Crippen LogP contribution in [0.3, 0.4) is 0 Å². The minimum absolute atomic E-state index is 0.107. The minimum Gasteiger partial charge on any atom is -0.326 e. The Labute approximate surface area is 175 Å². The van der Waals surface area contributed by atoms with Gasteiger partial charge in [0.05, 0.1) is 10.6 Å². The fraction of sp³-hybridized carbons (Fsp3) is 0.238. The molecular weight excluding hydrogens is 406 g/mol. The number of nitrogens with one attached hydrogen (secondary N) is 2. The highest BCUT2D eigenvalue weighted by Crippen LogP contribution is 2.21. The van der Waals surface area contributed by atoms with Gasteiger partial charge in [-0.2, -0.15) is 0 Å². The second kappa shape index (κ2) is 8.75. The highest BCUT2D eigenvalue weighted by Gasteiger charge is 2.16. The molecule has 0 aliphatic carbocycles. The topological polar surface area (TPSA) is 88.2 Å². The first-order valence-electron chi connectivity index (χ1n) is 9.13. The normalized spacial score (nSPS) is 11.3. The maximum Gasteiger partial charge on any atom is 0.263 e. The molecule has 0 unspecified atom stereocenters. The van der Waals surface area contributed by atoms with Gasteiger partial charge >= 0.3 is 0 Å². The summed E-state index contributed by atoms with van der Waals surface area (Å²) in [5, 5.41) is 4.94. The lowest BCUT2D eigenvalue weighted by Gasteiger charge is -2.07. The Morgan fingerprint density at radius 2 is 1.66 bits per heavy atom. The summed E-state index contributed by atoms with van der Waals surface area (Å²) in [7, 11) is -3.68. The summed E-state index contributed by atoms with van der Waals surface area (Å²) < 4.78 is 27.4. The van der Waals surface area contributed by atoms with E-state index in [0.717, 1.165) is 22.4 Å². The van der Waals surface area contributed by atoms with Crippen molar-refractivity contribution in [1.82, 2.24) is 4.98 Å². The van der Waals surface area contributed by atoms with E-state index in [1.807, 2.05) is 39.0 Å². The highest BCUT2D eigenvalue weighted by molar-refractivity contribution is 7.93. The van der Waals surface area contributed by atoms with E-state index in [4.69, 9.17) is 0 Å². The van der Waals surface area contributed by atoms with Gasteiger partial charge in [-0.3, -0.25) is 9.52 Å². The summed E-state index contributed by atoms with van der Waals surface area (Å²) in [6, 6.07) is 12.5. The molecule has 0 saturated carbocycles. The molecule has 8 heteroatoms. The van der Waals surface area contributed by atoms with Crippen LogP contribution in [0, 0.1) is 20.8 Å². The largest absolute Gasteiger partial charge is 0.326 e. The fourth-order valence-corrected chi connectivity index (χ4v) is 4.87. The Kier molecular flexibility index (Phi) is 6.34. The van der Waals surface area contributed by atoms with Gasteiger partial charge in [0.1, 0.15) is 0 Å². The van der Waals surface area contributed by atoms with Gasteiger partial charge in [0.15, 0.2) is 5.13 Å². The van der Waals surface area contributed by atoms with Gasteiger partial charge in [0.25, 0.3) is 10.0 Å². The zero-order chi connectivity index (χ0) is 21.0. The van der Waals surface area contributed by atoms with Crippen LogP contribution in [0.5, 0.6) is 0 Å².